The Kier molecular flexibility index (Phi) is 7.60. The summed E-state index contributed by atoms with van der Waals surface area (Å²) in [5.74, 6) is 0.296. The van der Waals surface area contributed by atoms with Gasteiger partial charge in [-0.3, -0.25) is 4.79 Å². The van der Waals surface area contributed by atoms with E-state index in [2.05, 4.69) is 0 Å². The predicted octanol–water partition coefficient (Wildman–Crippen LogP) is 4.48. The fraction of sp³-hybridized carbons (Fsp3) is 0.286. The molecule has 0 bridgehead atoms. The van der Waals surface area contributed by atoms with Crippen molar-refractivity contribution in [3.63, 3.8) is 0 Å². The molecule has 0 aliphatic heterocycles. The molecule has 4 rings (SSSR count). The average molecular weight is 461 g/mol. The van der Waals surface area contributed by atoms with Gasteiger partial charge in [0.1, 0.15) is 23.7 Å². The summed E-state index contributed by atoms with van der Waals surface area (Å²) in [6, 6.07) is 24.1. The SMILES string of the molecule is O=C(Cc1ccccc1)c1ccc(OC2CCC(Oc3ccc(C[C@H](O)C(=O)O)cc3)C2)cc1. The number of aliphatic hydroxyl groups excluding tert-OH is 1. The molecule has 1 fully saturated rings. The smallest absolute Gasteiger partial charge is 0.332 e. The number of rotatable bonds is 10. The normalized spacial score (nSPS) is 18.3. The number of carboxylic acids is 1. The van der Waals surface area contributed by atoms with E-state index in [0.717, 1.165) is 36.1 Å². The van der Waals surface area contributed by atoms with E-state index in [9.17, 15) is 14.7 Å². The molecule has 0 amide bonds. The first-order valence-electron chi connectivity index (χ1n) is 11.5. The largest absolute Gasteiger partial charge is 0.490 e. The standard InChI is InChI=1S/C28H28O6/c29-26(16-19-4-2-1-3-5-19)21-8-12-23(13-9-21)34-25-15-14-24(18-25)33-22-10-6-20(7-11-22)17-27(30)28(31)32/h1-13,24-25,27,30H,14-18H2,(H,31,32)/t24?,25?,27-/m0/s1. The van der Waals surface area contributed by atoms with Gasteiger partial charge in [-0.25, -0.2) is 4.79 Å². The molecule has 0 radical (unpaired) electrons. The van der Waals surface area contributed by atoms with E-state index in [1.165, 1.54) is 0 Å². The van der Waals surface area contributed by atoms with Gasteiger partial charge in [0, 0.05) is 24.8 Å². The van der Waals surface area contributed by atoms with Crippen molar-refractivity contribution in [1.82, 2.24) is 0 Å². The number of aliphatic carboxylic acids is 1. The summed E-state index contributed by atoms with van der Waals surface area (Å²) in [6.45, 7) is 0. The lowest BCUT2D eigenvalue weighted by molar-refractivity contribution is -0.146. The van der Waals surface area contributed by atoms with Gasteiger partial charge in [-0.2, -0.15) is 0 Å². The number of Topliss-reactive ketones (excluding diaryl/α,β-unsaturated/α-hetero) is 1. The molecule has 3 atom stereocenters. The Labute approximate surface area is 198 Å². The highest BCUT2D eigenvalue weighted by atomic mass is 16.5. The molecular weight excluding hydrogens is 432 g/mol. The predicted molar refractivity (Wildman–Crippen MR) is 127 cm³/mol. The summed E-state index contributed by atoms with van der Waals surface area (Å²) in [5, 5.41) is 18.3. The summed E-state index contributed by atoms with van der Waals surface area (Å²) in [5.41, 5.74) is 2.40. The Hall–Kier alpha value is -3.64. The molecule has 1 aliphatic carbocycles. The number of aliphatic hydroxyl groups is 1. The van der Waals surface area contributed by atoms with E-state index < -0.39 is 12.1 Å². The van der Waals surface area contributed by atoms with Crippen molar-refractivity contribution >= 4 is 11.8 Å². The molecular formula is C28H28O6. The number of carbonyl (C=O) groups excluding carboxylic acids is 1. The third-order valence-electron chi connectivity index (χ3n) is 5.96. The molecule has 1 aliphatic rings. The molecule has 1 saturated carbocycles. The minimum atomic E-state index is -1.41. The van der Waals surface area contributed by atoms with Crippen LogP contribution in [0.2, 0.25) is 0 Å². The van der Waals surface area contributed by atoms with Gasteiger partial charge in [-0.05, 0) is 60.4 Å². The fourth-order valence-electron chi connectivity index (χ4n) is 4.12. The maximum absolute atomic E-state index is 12.5. The molecule has 0 aromatic heterocycles. The summed E-state index contributed by atoms with van der Waals surface area (Å²) in [4.78, 5) is 23.3. The van der Waals surface area contributed by atoms with Crippen molar-refractivity contribution in [2.45, 2.75) is 50.4 Å². The molecule has 6 heteroatoms. The zero-order chi connectivity index (χ0) is 23.9. The second-order valence-corrected chi connectivity index (χ2v) is 8.60. The van der Waals surface area contributed by atoms with Gasteiger partial charge >= 0.3 is 5.97 Å². The number of hydrogen-bond acceptors (Lipinski definition) is 5. The van der Waals surface area contributed by atoms with Gasteiger partial charge in [0.2, 0.25) is 0 Å². The van der Waals surface area contributed by atoms with Crippen LogP contribution in [-0.2, 0) is 17.6 Å². The highest BCUT2D eigenvalue weighted by molar-refractivity contribution is 5.97. The molecule has 34 heavy (non-hydrogen) atoms. The second kappa shape index (κ2) is 11.0. The molecule has 6 nitrogen and oxygen atoms in total. The van der Waals surface area contributed by atoms with Crippen molar-refractivity contribution in [3.05, 3.63) is 95.6 Å². The topological polar surface area (TPSA) is 93.1 Å². The van der Waals surface area contributed by atoms with Crippen LogP contribution in [0.4, 0.5) is 0 Å². The second-order valence-electron chi connectivity index (χ2n) is 8.60. The molecule has 2 N–H and O–H groups in total. The van der Waals surface area contributed by atoms with Crippen LogP contribution >= 0.6 is 0 Å². The Morgan fingerprint density at radius 2 is 1.35 bits per heavy atom. The first-order valence-corrected chi connectivity index (χ1v) is 11.5. The Balaban J connectivity index is 1.24. The minimum Gasteiger partial charge on any atom is -0.490 e. The number of benzene rings is 3. The van der Waals surface area contributed by atoms with E-state index in [1.807, 2.05) is 54.6 Å². The fourth-order valence-corrected chi connectivity index (χ4v) is 4.12. The van der Waals surface area contributed by atoms with Crippen LogP contribution in [0, 0.1) is 0 Å². The van der Waals surface area contributed by atoms with Crippen LogP contribution in [0.25, 0.3) is 0 Å². The summed E-state index contributed by atoms with van der Waals surface area (Å²) < 4.78 is 12.2. The van der Waals surface area contributed by atoms with Gasteiger partial charge < -0.3 is 19.7 Å². The van der Waals surface area contributed by atoms with Crippen molar-refractivity contribution < 1.29 is 29.3 Å². The number of carbonyl (C=O) groups is 2. The minimum absolute atomic E-state index is 0.0344. The number of ketones is 1. The van der Waals surface area contributed by atoms with E-state index in [4.69, 9.17) is 14.6 Å². The maximum atomic E-state index is 12.5. The first-order chi connectivity index (χ1) is 16.5. The molecule has 176 valence electrons. The molecule has 3 aromatic rings. The highest BCUT2D eigenvalue weighted by Crippen LogP contribution is 2.28. The highest BCUT2D eigenvalue weighted by Gasteiger charge is 2.28. The Bertz CT molecular complexity index is 1090. The summed E-state index contributed by atoms with van der Waals surface area (Å²) >= 11 is 0. The average Bonchev–Trinajstić information content (AvgIpc) is 3.28. The van der Waals surface area contributed by atoms with Gasteiger partial charge in [-0.1, -0.05) is 42.5 Å². The van der Waals surface area contributed by atoms with E-state index in [0.29, 0.717) is 17.7 Å². The molecule has 0 saturated heterocycles. The van der Waals surface area contributed by atoms with Crippen molar-refractivity contribution in [3.8, 4) is 11.5 Å². The molecule has 0 spiro atoms. The lowest BCUT2D eigenvalue weighted by Crippen LogP contribution is -2.21. The summed E-state index contributed by atoms with van der Waals surface area (Å²) in [6.07, 6.45) is 1.62. The van der Waals surface area contributed by atoms with E-state index in [1.54, 1.807) is 24.3 Å². The van der Waals surface area contributed by atoms with Gasteiger partial charge in [0.25, 0.3) is 0 Å². The summed E-state index contributed by atoms with van der Waals surface area (Å²) in [7, 11) is 0. The lowest BCUT2D eigenvalue weighted by Gasteiger charge is -2.16. The van der Waals surface area contributed by atoms with Crippen LogP contribution < -0.4 is 9.47 Å². The maximum Gasteiger partial charge on any atom is 0.332 e. The first kappa shape index (κ1) is 23.5. The van der Waals surface area contributed by atoms with Crippen LogP contribution in [-0.4, -0.2) is 40.3 Å². The lowest BCUT2D eigenvalue weighted by atomic mass is 10.0. The number of ether oxygens (including phenoxy) is 2. The van der Waals surface area contributed by atoms with Crippen molar-refractivity contribution in [2.75, 3.05) is 0 Å². The van der Waals surface area contributed by atoms with E-state index in [-0.39, 0.29) is 24.4 Å². The van der Waals surface area contributed by atoms with E-state index >= 15 is 0 Å². The van der Waals surface area contributed by atoms with Crippen LogP contribution in [0.3, 0.4) is 0 Å². The molecule has 3 aromatic carbocycles. The number of hydrogen-bond donors (Lipinski definition) is 2. The quantitative estimate of drug-likeness (QED) is 0.434. The van der Waals surface area contributed by atoms with Gasteiger partial charge in [0.05, 0.1) is 0 Å². The molecule has 2 unspecified atom stereocenters. The number of carboxylic acid groups (broad SMARTS) is 1. The van der Waals surface area contributed by atoms with Crippen LogP contribution in [0.15, 0.2) is 78.9 Å². The Morgan fingerprint density at radius 3 is 1.91 bits per heavy atom. The zero-order valence-corrected chi connectivity index (χ0v) is 18.8. The zero-order valence-electron chi connectivity index (χ0n) is 18.8. The van der Waals surface area contributed by atoms with Crippen molar-refractivity contribution in [1.29, 1.82) is 0 Å². The third kappa shape index (κ3) is 6.45. The third-order valence-corrected chi connectivity index (χ3v) is 5.96. The Morgan fingerprint density at radius 1 is 0.794 bits per heavy atom. The van der Waals surface area contributed by atoms with Crippen LogP contribution in [0.5, 0.6) is 11.5 Å². The molecule has 0 heterocycles. The van der Waals surface area contributed by atoms with Crippen molar-refractivity contribution in [2.24, 2.45) is 0 Å². The van der Waals surface area contributed by atoms with Gasteiger partial charge in [0.15, 0.2) is 11.9 Å². The monoisotopic (exact) mass is 460 g/mol. The van der Waals surface area contributed by atoms with Crippen LogP contribution in [0.1, 0.15) is 40.7 Å². The van der Waals surface area contributed by atoms with Gasteiger partial charge in [-0.15, -0.1) is 0 Å².